The number of amides is 1. The minimum Gasteiger partial charge on any atom is -0.493 e. The maximum Gasteiger partial charge on any atom is 0.234 e. The highest BCUT2D eigenvalue weighted by atomic mass is 35.5. The van der Waals surface area contributed by atoms with E-state index in [1.165, 1.54) is 11.8 Å². The summed E-state index contributed by atoms with van der Waals surface area (Å²) >= 11 is 13.2. The van der Waals surface area contributed by atoms with E-state index in [2.05, 4.69) is 5.32 Å². The normalized spacial score (nSPS) is 10.3. The fourth-order valence-electron chi connectivity index (χ4n) is 1.88. The fraction of sp³-hybridized carbons (Fsp3) is 0.188. The summed E-state index contributed by atoms with van der Waals surface area (Å²) in [5, 5.41) is 3.71. The molecule has 122 valence electrons. The number of benzene rings is 2. The third kappa shape index (κ3) is 5.23. The molecule has 0 bridgehead atoms. The van der Waals surface area contributed by atoms with Crippen molar-refractivity contribution in [2.24, 2.45) is 0 Å². The molecule has 1 amide bonds. The molecule has 0 aliphatic rings. The van der Waals surface area contributed by atoms with E-state index in [-0.39, 0.29) is 11.7 Å². The van der Waals surface area contributed by atoms with E-state index in [1.54, 1.807) is 38.5 Å². The molecule has 23 heavy (non-hydrogen) atoms. The van der Waals surface area contributed by atoms with E-state index < -0.39 is 0 Å². The number of ether oxygens (including phenoxy) is 2. The minimum absolute atomic E-state index is 0.150. The second-order valence-corrected chi connectivity index (χ2v) is 6.43. The van der Waals surface area contributed by atoms with Gasteiger partial charge in [0.1, 0.15) is 0 Å². The molecule has 0 saturated heterocycles. The predicted octanol–water partition coefficient (Wildman–Crippen LogP) is 4.74. The summed E-state index contributed by atoms with van der Waals surface area (Å²) in [6.07, 6.45) is 0. The van der Waals surface area contributed by atoms with Crippen LogP contribution in [0.2, 0.25) is 10.0 Å². The van der Waals surface area contributed by atoms with Crippen LogP contribution in [-0.4, -0.2) is 25.9 Å². The zero-order valence-electron chi connectivity index (χ0n) is 12.6. The number of hydrogen-bond acceptors (Lipinski definition) is 4. The van der Waals surface area contributed by atoms with Gasteiger partial charge in [-0.2, -0.15) is 0 Å². The number of nitrogens with one attached hydrogen (secondary N) is 1. The molecule has 0 radical (unpaired) electrons. The molecule has 0 atom stereocenters. The van der Waals surface area contributed by atoms with Crippen LogP contribution in [0.5, 0.6) is 11.5 Å². The maximum atomic E-state index is 12.0. The number of rotatable bonds is 6. The van der Waals surface area contributed by atoms with Crippen LogP contribution in [0.25, 0.3) is 0 Å². The quantitative estimate of drug-likeness (QED) is 0.744. The molecular weight excluding hydrogens is 357 g/mol. The molecule has 0 aliphatic carbocycles. The summed E-state index contributed by atoms with van der Waals surface area (Å²) in [4.78, 5) is 12.9. The third-order valence-electron chi connectivity index (χ3n) is 2.87. The Labute approximate surface area is 149 Å². The molecule has 0 saturated carbocycles. The lowest BCUT2D eigenvalue weighted by atomic mass is 10.3. The molecule has 2 aromatic rings. The Balaban J connectivity index is 1.96. The molecule has 0 aromatic heterocycles. The van der Waals surface area contributed by atoms with Crippen LogP contribution in [0.1, 0.15) is 0 Å². The number of thioether (sulfide) groups is 1. The van der Waals surface area contributed by atoms with Crippen LogP contribution in [0.4, 0.5) is 5.69 Å². The SMILES string of the molecule is COc1ccc(SCC(=O)Nc2cc(Cl)cc(Cl)c2)cc1OC. The van der Waals surface area contributed by atoms with Gasteiger partial charge in [0.15, 0.2) is 11.5 Å². The summed E-state index contributed by atoms with van der Waals surface area (Å²) in [7, 11) is 3.15. The Morgan fingerprint density at radius 3 is 2.30 bits per heavy atom. The lowest BCUT2D eigenvalue weighted by molar-refractivity contribution is -0.113. The average Bonchev–Trinajstić information content (AvgIpc) is 2.51. The summed E-state index contributed by atoms with van der Waals surface area (Å²) < 4.78 is 10.4. The van der Waals surface area contributed by atoms with E-state index >= 15 is 0 Å². The summed E-state index contributed by atoms with van der Waals surface area (Å²) in [5.74, 6) is 1.37. The minimum atomic E-state index is -0.150. The van der Waals surface area contributed by atoms with Crippen LogP contribution >= 0.6 is 35.0 Å². The van der Waals surface area contributed by atoms with Gasteiger partial charge in [0.25, 0.3) is 0 Å². The second-order valence-electron chi connectivity index (χ2n) is 4.51. The second kappa shape index (κ2) is 8.34. The van der Waals surface area contributed by atoms with E-state index in [1.807, 2.05) is 12.1 Å². The Morgan fingerprint density at radius 2 is 1.70 bits per heavy atom. The van der Waals surface area contributed by atoms with Crippen molar-refractivity contribution in [3.63, 3.8) is 0 Å². The number of methoxy groups -OCH3 is 2. The van der Waals surface area contributed by atoms with Gasteiger partial charge in [-0.3, -0.25) is 4.79 Å². The number of anilines is 1. The largest absolute Gasteiger partial charge is 0.493 e. The van der Waals surface area contributed by atoms with Gasteiger partial charge in [-0.15, -0.1) is 11.8 Å². The predicted molar refractivity (Wildman–Crippen MR) is 95.4 cm³/mol. The average molecular weight is 372 g/mol. The first-order valence-electron chi connectivity index (χ1n) is 6.62. The third-order valence-corrected chi connectivity index (χ3v) is 4.30. The van der Waals surface area contributed by atoms with Gasteiger partial charge < -0.3 is 14.8 Å². The summed E-state index contributed by atoms with van der Waals surface area (Å²) in [6, 6.07) is 10.4. The van der Waals surface area contributed by atoms with E-state index in [0.29, 0.717) is 27.2 Å². The highest BCUT2D eigenvalue weighted by molar-refractivity contribution is 8.00. The lowest BCUT2D eigenvalue weighted by Crippen LogP contribution is -2.13. The van der Waals surface area contributed by atoms with Crippen molar-refractivity contribution in [3.8, 4) is 11.5 Å². The van der Waals surface area contributed by atoms with Gasteiger partial charge in [0.2, 0.25) is 5.91 Å². The topological polar surface area (TPSA) is 47.6 Å². The smallest absolute Gasteiger partial charge is 0.234 e. The van der Waals surface area contributed by atoms with E-state index in [4.69, 9.17) is 32.7 Å². The van der Waals surface area contributed by atoms with Crippen LogP contribution in [-0.2, 0) is 4.79 Å². The molecule has 0 fully saturated rings. The van der Waals surface area contributed by atoms with Crippen LogP contribution in [0.15, 0.2) is 41.3 Å². The van der Waals surface area contributed by atoms with Gasteiger partial charge in [-0.25, -0.2) is 0 Å². The Hall–Kier alpha value is -1.56. The van der Waals surface area contributed by atoms with Gasteiger partial charge in [-0.05, 0) is 36.4 Å². The standard InChI is InChI=1S/C16H15Cl2NO3S/c1-21-14-4-3-13(8-15(14)22-2)23-9-16(20)19-12-6-10(17)5-11(18)7-12/h3-8H,9H2,1-2H3,(H,19,20). The zero-order chi connectivity index (χ0) is 16.8. The molecule has 2 rings (SSSR count). The molecule has 1 N–H and O–H groups in total. The van der Waals surface area contributed by atoms with Crippen molar-refractivity contribution < 1.29 is 14.3 Å². The van der Waals surface area contributed by atoms with Gasteiger partial charge in [-0.1, -0.05) is 23.2 Å². The number of halogens is 2. The monoisotopic (exact) mass is 371 g/mol. The van der Waals surface area contributed by atoms with Crippen molar-refractivity contribution >= 4 is 46.6 Å². The van der Waals surface area contributed by atoms with Crippen molar-refractivity contribution in [1.29, 1.82) is 0 Å². The van der Waals surface area contributed by atoms with Crippen molar-refractivity contribution in [2.45, 2.75) is 4.90 Å². The Kier molecular flexibility index (Phi) is 6.45. The first-order valence-corrected chi connectivity index (χ1v) is 8.36. The van der Waals surface area contributed by atoms with Crippen molar-refractivity contribution in [2.75, 3.05) is 25.3 Å². The lowest BCUT2D eigenvalue weighted by Gasteiger charge is -2.10. The number of carbonyl (C=O) groups is 1. The van der Waals surface area contributed by atoms with E-state index in [0.717, 1.165) is 4.90 Å². The van der Waals surface area contributed by atoms with Crippen LogP contribution < -0.4 is 14.8 Å². The maximum absolute atomic E-state index is 12.0. The van der Waals surface area contributed by atoms with Crippen LogP contribution in [0, 0.1) is 0 Å². The van der Waals surface area contributed by atoms with Crippen molar-refractivity contribution in [1.82, 2.24) is 0 Å². The number of hydrogen-bond donors (Lipinski definition) is 1. The number of carbonyl (C=O) groups excluding carboxylic acids is 1. The molecule has 4 nitrogen and oxygen atoms in total. The van der Waals surface area contributed by atoms with Gasteiger partial charge in [0, 0.05) is 20.6 Å². The van der Waals surface area contributed by atoms with Gasteiger partial charge >= 0.3 is 0 Å². The summed E-state index contributed by atoms with van der Waals surface area (Å²) in [6.45, 7) is 0. The molecule has 0 aliphatic heterocycles. The van der Waals surface area contributed by atoms with Crippen LogP contribution in [0.3, 0.4) is 0 Å². The van der Waals surface area contributed by atoms with Gasteiger partial charge in [0.05, 0.1) is 20.0 Å². The first kappa shape index (κ1) is 17.8. The highest BCUT2D eigenvalue weighted by Gasteiger charge is 2.08. The first-order chi connectivity index (χ1) is 11.0. The Morgan fingerprint density at radius 1 is 1.04 bits per heavy atom. The Bertz CT molecular complexity index is 689. The van der Waals surface area contributed by atoms with Crippen molar-refractivity contribution in [3.05, 3.63) is 46.4 Å². The molecule has 0 unspecified atom stereocenters. The molecular formula is C16H15Cl2NO3S. The molecule has 0 spiro atoms. The fourth-order valence-corrected chi connectivity index (χ4v) is 3.13. The molecule has 0 heterocycles. The molecule has 2 aromatic carbocycles. The van der Waals surface area contributed by atoms with E-state index in [9.17, 15) is 4.79 Å². The molecule has 7 heteroatoms. The zero-order valence-corrected chi connectivity index (χ0v) is 14.9. The summed E-state index contributed by atoms with van der Waals surface area (Å²) in [5.41, 5.74) is 0.570. The highest BCUT2D eigenvalue weighted by Crippen LogP contribution is 2.32.